The van der Waals surface area contributed by atoms with Crippen LogP contribution in [0.25, 0.3) is 22.0 Å². The van der Waals surface area contributed by atoms with E-state index in [-0.39, 0.29) is 18.2 Å². The topological polar surface area (TPSA) is 106 Å². The largest absolute Gasteiger partial charge is 0.384 e. The number of hydrogen-bond acceptors (Lipinski definition) is 4. The monoisotopic (exact) mass is 404 g/mol. The third-order valence-electron chi connectivity index (χ3n) is 5.55. The fourth-order valence-electron chi connectivity index (χ4n) is 4.15. The normalized spacial score (nSPS) is 13.2. The van der Waals surface area contributed by atoms with E-state index in [1.165, 1.54) is 0 Å². The molecule has 0 spiro atoms. The van der Waals surface area contributed by atoms with Crippen LogP contribution in [0.15, 0.2) is 42.5 Å². The van der Waals surface area contributed by atoms with Crippen LogP contribution in [0.4, 0.5) is 5.69 Å². The Hall–Kier alpha value is -3.61. The molecule has 0 bridgehead atoms. The molecular weight excluding hydrogens is 380 g/mol. The second-order valence-corrected chi connectivity index (χ2v) is 7.40. The highest BCUT2D eigenvalue weighted by Crippen LogP contribution is 2.39. The summed E-state index contributed by atoms with van der Waals surface area (Å²) in [4.78, 5) is 36.1. The van der Waals surface area contributed by atoms with E-state index in [1.807, 2.05) is 41.0 Å². The Morgan fingerprint density at radius 2 is 1.93 bits per heavy atom. The highest BCUT2D eigenvalue weighted by molar-refractivity contribution is 6.06. The van der Waals surface area contributed by atoms with Crippen LogP contribution < -0.4 is 16.4 Å². The number of nitrogens with one attached hydrogen (secondary N) is 2. The van der Waals surface area contributed by atoms with E-state index in [4.69, 9.17) is 5.73 Å². The lowest BCUT2D eigenvalue weighted by Crippen LogP contribution is -2.22. The lowest BCUT2D eigenvalue weighted by atomic mass is 9.96. The molecule has 30 heavy (non-hydrogen) atoms. The van der Waals surface area contributed by atoms with Gasteiger partial charge in [-0.2, -0.15) is 0 Å². The molecule has 2 aromatic carbocycles. The predicted octanol–water partition coefficient (Wildman–Crippen LogP) is 2.93. The van der Waals surface area contributed by atoms with Gasteiger partial charge in [0.2, 0.25) is 11.8 Å². The summed E-state index contributed by atoms with van der Waals surface area (Å²) in [6.07, 6.45) is 2.45. The number of primary amides is 1. The molecule has 1 aromatic heterocycles. The Balaban J connectivity index is 1.82. The molecule has 0 saturated heterocycles. The molecule has 2 heterocycles. The van der Waals surface area contributed by atoms with Gasteiger partial charge < -0.3 is 16.4 Å². The van der Waals surface area contributed by atoms with E-state index in [2.05, 4.69) is 10.6 Å². The molecule has 0 unspecified atom stereocenters. The van der Waals surface area contributed by atoms with Gasteiger partial charge in [0.15, 0.2) is 0 Å². The molecule has 7 heteroatoms. The molecule has 1 aliphatic rings. The first-order chi connectivity index (χ1) is 14.5. The Morgan fingerprint density at radius 3 is 2.70 bits per heavy atom. The number of fused-ring (bicyclic) bond motifs is 3. The van der Waals surface area contributed by atoms with Gasteiger partial charge in [0.25, 0.3) is 5.91 Å². The first-order valence-corrected chi connectivity index (χ1v) is 10.1. The molecule has 0 fully saturated rings. The average molecular weight is 404 g/mol. The molecule has 0 radical (unpaired) electrons. The smallest absolute Gasteiger partial charge is 0.250 e. The van der Waals surface area contributed by atoms with Gasteiger partial charge in [-0.25, -0.2) is 0 Å². The first kappa shape index (κ1) is 19.7. The lowest BCUT2D eigenvalue weighted by molar-refractivity contribution is -0.120. The second kappa shape index (κ2) is 8.02. The third-order valence-corrected chi connectivity index (χ3v) is 5.55. The second-order valence-electron chi connectivity index (χ2n) is 7.40. The van der Waals surface area contributed by atoms with Crippen molar-refractivity contribution in [3.05, 3.63) is 53.7 Å². The third kappa shape index (κ3) is 3.43. The van der Waals surface area contributed by atoms with E-state index in [1.54, 1.807) is 13.1 Å². The van der Waals surface area contributed by atoms with Crippen LogP contribution >= 0.6 is 0 Å². The number of carbonyl (C=O) groups is 3. The zero-order chi connectivity index (χ0) is 21.3. The van der Waals surface area contributed by atoms with Crippen molar-refractivity contribution < 1.29 is 14.4 Å². The predicted molar refractivity (Wildman–Crippen MR) is 117 cm³/mol. The number of nitrogens with two attached hydrogens (primary N) is 1. The van der Waals surface area contributed by atoms with Crippen LogP contribution in [0.3, 0.4) is 0 Å². The molecular formula is C23H24N4O3. The molecule has 3 aromatic rings. The summed E-state index contributed by atoms with van der Waals surface area (Å²) in [5.41, 5.74) is 10.3. The molecule has 154 valence electrons. The quantitative estimate of drug-likeness (QED) is 0.587. The first-order valence-electron chi connectivity index (χ1n) is 10.1. The minimum atomic E-state index is -0.539. The van der Waals surface area contributed by atoms with Gasteiger partial charge in [-0.1, -0.05) is 24.3 Å². The highest BCUT2D eigenvalue weighted by Gasteiger charge is 2.25. The summed E-state index contributed by atoms with van der Waals surface area (Å²) < 4.78 is 1.83. The average Bonchev–Trinajstić information content (AvgIpc) is 3.09. The van der Waals surface area contributed by atoms with Crippen molar-refractivity contribution in [2.75, 3.05) is 18.9 Å². The van der Waals surface area contributed by atoms with Crippen LogP contribution in [-0.2, 0) is 11.2 Å². The van der Waals surface area contributed by atoms with Crippen molar-refractivity contribution in [2.24, 2.45) is 5.73 Å². The maximum Gasteiger partial charge on any atom is 0.250 e. The van der Waals surface area contributed by atoms with Gasteiger partial charge >= 0.3 is 0 Å². The maximum atomic E-state index is 12.6. The minimum absolute atomic E-state index is 0.0923. The Bertz CT molecular complexity index is 1160. The maximum absolute atomic E-state index is 12.6. The zero-order valence-electron chi connectivity index (χ0n) is 16.8. The molecule has 2 amide bonds. The Labute approximate surface area is 174 Å². The van der Waals surface area contributed by atoms with Gasteiger partial charge in [-0.05, 0) is 36.6 Å². The highest BCUT2D eigenvalue weighted by atomic mass is 16.2. The van der Waals surface area contributed by atoms with Crippen molar-refractivity contribution in [3.8, 4) is 11.1 Å². The van der Waals surface area contributed by atoms with Crippen LogP contribution in [0.2, 0.25) is 0 Å². The van der Waals surface area contributed by atoms with Crippen molar-refractivity contribution in [1.29, 1.82) is 0 Å². The zero-order valence-corrected chi connectivity index (χ0v) is 16.8. The Kier molecular flexibility index (Phi) is 5.27. The van der Waals surface area contributed by atoms with Crippen LogP contribution in [0.5, 0.6) is 0 Å². The summed E-state index contributed by atoms with van der Waals surface area (Å²) in [5.74, 6) is -0.524. The van der Waals surface area contributed by atoms with E-state index in [0.29, 0.717) is 24.2 Å². The lowest BCUT2D eigenvalue weighted by Gasteiger charge is -2.17. The molecule has 7 nitrogen and oxygen atoms in total. The SMILES string of the molecule is CNC(=O)CCNc1cc(-c2c3n(c4ccccc24)C(=O)CCC3)ccc1C(N)=O. The van der Waals surface area contributed by atoms with Crippen molar-refractivity contribution in [2.45, 2.75) is 25.7 Å². The number of rotatable bonds is 6. The van der Waals surface area contributed by atoms with Crippen LogP contribution in [0.1, 0.15) is 40.1 Å². The van der Waals surface area contributed by atoms with Gasteiger partial charge in [0.1, 0.15) is 0 Å². The summed E-state index contributed by atoms with van der Waals surface area (Å²) in [5, 5.41) is 6.74. The van der Waals surface area contributed by atoms with Crippen LogP contribution in [-0.4, -0.2) is 35.9 Å². The molecule has 0 atom stereocenters. The van der Waals surface area contributed by atoms with E-state index in [0.717, 1.165) is 40.6 Å². The standard InChI is InChI=1S/C23H24N4O3/c1-25-20(28)11-12-26-17-13-14(9-10-15(17)23(24)30)22-16-5-2-3-6-18(16)27-19(22)7-4-8-21(27)29/h2-3,5-6,9-10,13,26H,4,7-8,11-12H2,1H3,(H2,24,30)(H,25,28). The number of anilines is 1. The number of hydrogen-bond donors (Lipinski definition) is 3. The molecule has 0 saturated carbocycles. The summed E-state index contributed by atoms with van der Waals surface area (Å²) in [7, 11) is 1.58. The van der Waals surface area contributed by atoms with Gasteiger partial charge in [-0.15, -0.1) is 0 Å². The van der Waals surface area contributed by atoms with Crippen molar-refractivity contribution in [1.82, 2.24) is 9.88 Å². The number of para-hydroxylation sites is 1. The fourth-order valence-corrected chi connectivity index (χ4v) is 4.15. The molecule has 1 aliphatic heterocycles. The Morgan fingerprint density at radius 1 is 1.13 bits per heavy atom. The number of carbonyl (C=O) groups excluding carboxylic acids is 3. The fraction of sp³-hybridized carbons (Fsp3) is 0.261. The number of amides is 2. The molecule has 0 aliphatic carbocycles. The van der Waals surface area contributed by atoms with Gasteiger partial charge in [0, 0.05) is 48.8 Å². The minimum Gasteiger partial charge on any atom is -0.384 e. The number of nitrogens with zero attached hydrogens (tertiary/aromatic N) is 1. The molecule has 4 rings (SSSR count). The van der Waals surface area contributed by atoms with Crippen molar-refractivity contribution >= 4 is 34.3 Å². The summed E-state index contributed by atoms with van der Waals surface area (Å²) in [6, 6.07) is 13.3. The van der Waals surface area contributed by atoms with E-state index >= 15 is 0 Å². The van der Waals surface area contributed by atoms with Gasteiger partial charge in [-0.3, -0.25) is 19.0 Å². The number of benzene rings is 2. The van der Waals surface area contributed by atoms with Crippen LogP contribution in [0, 0.1) is 0 Å². The van der Waals surface area contributed by atoms with E-state index in [9.17, 15) is 14.4 Å². The molecule has 4 N–H and O–H groups in total. The van der Waals surface area contributed by atoms with E-state index < -0.39 is 5.91 Å². The summed E-state index contributed by atoms with van der Waals surface area (Å²) >= 11 is 0. The summed E-state index contributed by atoms with van der Waals surface area (Å²) in [6.45, 7) is 0.372. The van der Waals surface area contributed by atoms with Gasteiger partial charge in [0.05, 0.1) is 11.1 Å². The number of aromatic nitrogens is 1. The van der Waals surface area contributed by atoms with Crippen molar-refractivity contribution in [3.63, 3.8) is 0 Å².